The topological polar surface area (TPSA) is 232 Å². The third-order valence-corrected chi connectivity index (χ3v) is 16.9. The number of rotatable bonds is 22. The van der Waals surface area contributed by atoms with E-state index in [1.165, 1.54) is 29.2 Å². The van der Waals surface area contributed by atoms with E-state index in [9.17, 15) is 37.2 Å². The Bertz CT molecular complexity index is 2550. The summed E-state index contributed by atoms with van der Waals surface area (Å²) < 4.78 is 56.1. The van der Waals surface area contributed by atoms with Crippen molar-refractivity contribution in [2.75, 3.05) is 98.2 Å². The summed E-state index contributed by atoms with van der Waals surface area (Å²) in [4.78, 5) is 98.0. The molecule has 84 heavy (non-hydrogen) atoms. The van der Waals surface area contributed by atoms with Gasteiger partial charge in [0.2, 0.25) is 5.91 Å². The standard InChI is InChI=1S/C62H99N7O14S/c1-58(2,3)46-68-40-38-65(34-35-66(44-52(71)80-59(4,5)6)36-37-67(39-41-68)45-53(72)81-60(7,8)9)43-47(70)21-15-13-18-24-51(63-57(75)82-61(10,11)12)55(73)69-32-30-62(31-33-69,56(74)64-83-54-25-19-20-42-78-54)84(76,77)50-28-26-49(27-29-50)79-48-22-16-14-17-23-48/h14,16-17,22-23,26-29,51,54H,13,15,18-21,24-25,30-46H2,1-12H3,(H,63,75)(H,64,74)/t51-,54?/m0/s1. The largest absolute Gasteiger partial charge is 0.459 e. The zero-order chi connectivity index (χ0) is 61.9. The lowest BCUT2D eigenvalue weighted by molar-refractivity contribution is -0.202. The molecule has 3 aliphatic rings. The number of amides is 3. The molecule has 1 unspecified atom stereocenters. The van der Waals surface area contributed by atoms with Crippen LogP contribution in [-0.2, 0) is 57.6 Å². The Morgan fingerprint density at radius 2 is 1.13 bits per heavy atom. The van der Waals surface area contributed by atoms with Gasteiger partial charge in [-0.25, -0.2) is 23.5 Å². The minimum absolute atomic E-state index is 0.0151. The van der Waals surface area contributed by atoms with Crippen molar-refractivity contribution in [3.8, 4) is 11.5 Å². The number of nitrogens with one attached hydrogen (secondary N) is 2. The van der Waals surface area contributed by atoms with Gasteiger partial charge in [0.25, 0.3) is 5.91 Å². The zero-order valence-corrected chi connectivity index (χ0v) is 53.2. The Hall–Kier alpha value is -5.23. The Morgan fingerprint density at radius 1 is 0.619 bits per heavy atom. The van der Waals surface area contributed by atoms with Gasteiger partial charge < -0.3 is 38.8 Å². The molecule has 0 radical (unpaired) electrons. The van der Waals surface area contributed by atoms with E-state index in [2.05, 4.69) is 46.3 Å². The fourth-order valence-corrected chi connectivity index (χ4v) is 12.3. The lowest BCUT2D eigenvalue weighted by atomic mass is 9.94. The van der Waals surface area contributed by atoms with Gasteiger partial charge in [-0.15, -0.1) is 0 Å². The number of Topliss-reactive ketones (excluding diaryl/α,β-unsaturated/α-hetero) is 1. The van der Waals surface area contributed by atoms with Gasteiger partial charge in [0.05, 0.1) is 24.5 Å². The van der Waals surface area contributed by atoms with E-state index in [1.54, 1.807) is 32.9 Å². The number of carbonyl (C=O) groups is 6. The van der Waals surface area contributed by atoms with Crippen molar-refractivity contribution in [2.45, 2.75) is 186 Å². The fraction of sp³-hybridized carbons (Fsp3) is 0.710. The maximum Gasteiger partial charge on any atom is 0.408 e. The number of hydroxylamine groups is 1. The predicted octanol–water partition coefficient (Wildman–Crippen LogP) is 7.55. The van der Waals surface area contributed by atoms with Crippen molar-refractivity contribution in [1.82, 2.24) is 35.3 Å². The van der Waals surface area contributed by atoms with Crippen molar-refractivity contribution in [1.29, 1.82) is 0 Å². The number of benzene rings is 2. The smallest absolute Gasteiger partial charge is 0.408 e. The van der Waals surface area contributed by atoms with Crippen LogP contribution in [0.25, 0.3) is 0 Å². The highest BCUT2D eigenvalue weighted by Gasteiger charge is 2.54. The average molecular weight is 1200 g/mol. The first kappa shape index (κ1) is 69.5. The van der Waals surface area contributed by atoms with Crippen molar-refractivity contribution in [3.05, 3.63) is 54.6 Å². The van der Waals surface area contributed by atoms with Gasteiger partial charge >= 0.3 is 18.0 Å². The van der Waals surface area contributed by atoms with Crippen molar-refractivity contribution in [2.24, 2.45) is 5.41 Å². The van der Waals surface area contributed by atoms with Crippen LogP contribution in [0.5, 0.6) is 11.5 Å². The van der Waals surface area contributed by atoms with Gasteiger partial charge in [0, 0.05) is 91.4 Å². The summed E-state index contributed by atoms with van der Waals surface area (Å²) in [5, 5.41) is 2.77. The molecule has 21 nitrogen and oxygen atoms in total. The summed E-state index contributed by atoms with van der Waals surface area (Å²) in [5.41, 5.74) is 0.236. The molecule has 3 amide bonds. The molecule has 3 saturated heterocycles. The van der Waals surface area contributed by atoms with E-state index in [0.29, 0.717) is 96.1 Å². The van der Waals surface area contributed by atoms with Crippen molar-refractivity contribution in [3.63, 3.8) is 0 Å². The molecule has 22 heteroatoms. The predicted molar refractivity (Wildman–Crippen MR) is 320 cm³/mol. The van der Waals surface area contributed by atoms with Gasteiger partial charge in [0.15, 0.2) is 20.9 Å². The van der Waals surface area contributed by atoms with E-state index in [4.69, 9.17) is 28.5 Å². The maximum absolute atomic E-state index is 14.8. The monoisotopic (exact) mass is 1200 g/mol. The van der Waals surface area contributed by atoms with Crippen LogP contribution in [-0.4, -0.2) is 201 Å². The number of likely N-dealkylation sites (tertiary alicyclic amines) is 1. The minimum atomic E-state index is -4.43. The zero-order valence-electron chi connectivity index (χ0n) is 52.4. The SMILES string of the molecule is CC(C)(C)CN1CCN(CC(=O)CCCCC[C@H](NC(=O)OC(C)(C)C)C(=O)N2CCC(C(=O)NOC3CCCCO3)(S(=O)(=O)c3ccc(Oc4ccccc4)cc3)CC2)CCN(CC(=O)OC(C)(C)C)CCN(CC(=O)OC(C)(C)C)CC1. The average Bonchev–Trinajstić information content (AvgIpc) is 0.920. The quantitative estimate of drug-likeness (QED) is 0.0501. The molecule has 0 aromatic heterocycles. The van der Waals surface area contributed by atoms with E-state index < -0.39 is 61.6 Å². The first-order valence-corrected chi connectivity index (χ1v) is 31.5. The summed E-state index contributed by atoms with van der Waals surface area (Å²) in [5.74, 6) is -0.977. The highest BCUT2D eigenvalue weighted by atomic mass is 32.2. The van der Waals surface area contributed by atoms with Crippen molar-refractivity contribution >= 4 is 45.5 Å². The molecule has 2 aromatic carbocycles. The normalized spacial score (nSPS) is 19.2. The van der Waals surface area contributed by atoms with Crippen LogP contribution >= 0.6 is 0 Å². The Kier molecular flexibility index (Phi) is 26.0. The third kappa shape index (κ3) is 24.3. The fourth-order valence-electron chi connectivity index (χ4n) is 10.4. The molecule has 0 aliphatic carbocycles. The van der Waals surface area contributed by atoms with Gasteiger partial charge in [-0.1, -0.05) is 51.8 Å². The Morgan fingerprint density at radius 3 is 1.63 bits per heavy atom. The number of para-hydroxylation sites is 1. The molecular weight excluding hydrogens is 1100 g/mol. The lowest BCUT2D eigenvalue weighted by Crippen LogP contribution is -2.60. The van der Waals surface area contributed by atoms with Crippen molar-refractivity contribution < 1.29 is 65.7 Å². The Balaban J connectivity index is 1.25. The second-order valence-electron chi connectivity index (χ2n) is 26.7. The van der Waals surface area contributed by atoms with E-state index >= 15 is 0 Å². The molecule has 3 fully saturated rings. The van der Waals surface area contributed by atoms with Crippen LogP contribution in [0.2, 0.25) is 0 Å². The third-order valence-electron chi connectivity index (χ3n) is 14.4. The number of unbranched alkanes of at least 4 members (excludes halogenated alkanes) is 2. The number of piperidine rings is 1. The van der Waals surface area contributed by atoms with Gasteiger partial charge in [-0.2, -0.15) is 0 Å². The second-order valence-corrected chi connectivity index (χ2v) is 29.0. The highest BCUT2D eigenvalue weighted by molar-refractivity contribution is 7.93. The molecule has 0 spiro atoms. The van der Waals surface area contributed by atoms with Crippen LogP contribution in [0.1, 0.15) is 147 Å². The molecule has 3 heterocycles. The van der Waals surface area contributed by atoms with Crippen LogP contribution in [0, 0.1) is 5.41 Å². The molecular formula is C62H99N7O14S. The minimum Gasteiger partial charge on any atom is -0.459 e. The van der Waals surface area contributed by atoms with Crippen LogP contribution in [0.4, 0.5) is 4.79 Å². The number of ketones is 1. The molecule has 3 aliphatic heterocycles. The molecule has 2 aromatic rings. The number of esters is 2. The highest BCUT2D eigenvalue weighted by Crippen LogP contribution is 2.38. The Labute approximate surface area is 500 Å². The summed E-state index contributed by atoms with van der Waals surface area (Å²) in [6.45, 7) is 28.7. The van der Waals surface area contributed by atoms with Gasteiger partial charge in [0.1, 0.15) is 40.1 Å². The van der Waals surface area contributed by atoms with E-state index in [0.717, 1.165) is 19.4 Å². The summed E-state index contributed by atoms with van der Waals surface area (Å²) in [6.07, 6.45) is 2.14. The number of alkyl carbamates (subject to hydrolysis) is 1. The second kappa shape index (κ2) is 31.4. The van der Waals surface area contributed by atoms with Crippen LogP contribution < -0.4 is 15.5 Å². The molecule has 0 saturated carbocycles. The summed E-state index contributed by atoms with van der Waals surface area (Å²) in [6, 6.07) is 13.8. The maximum atomic E-state index is 14.8. The van der Waals surface area contributed by atoms with Crippen LogP contribution in [0.3, 0.4) is 0 Å². The number of sulfone groups is 1. The number of nitrogens with zero attached hydrogens (tertiary/aromatic N) is 5. The van der Waals surface area contributed by atoms with Crippen LogP contribution in [0.15, 0.2) is 59.5 Å². The lowest BCUT2D eigenvalue weighted by Gasteiger charge is -2.41. The summed E-state index contributed by atoms with van der Waals surface area (Å²) >= 11 is 0. The number of carbonyl (C=O) groups excluding carboxylic acids is 6. The van der Waals surface area contributed by atoms with E-state index in [-0.39, 0.29) is 86.4 Å². The molecule has 2 atom stereocenters. The van der Waals surface area contributed by atoms with Gasteiger partial charge in [-0.3, -0.25) is 38.7 Å². The first-order valence-electron chi connectivity index (χ1n) is 30.1. The number of hydrogen-bond donors (Lipinski definition) is 2. The number of hydrogen-bond acceptors (Lipinski definition) is 18. The molecule has 472 valence electrons. The molecule has 5 rings (SSSR count). The molecule has 2 N–H and O–H groups in total. The first-order chi connectivity index (χ1) is 39.3. The molecule has 0 bridgehead atoms. The van der Waals surface area contributed by atoms with Gasteiger partial charge in [-0.05, 0) is 143 Å². The van der Waals surface area contributed by atoms with E-state index in [1.807, 2.05) is 64.6 Å². The number of ether oxygens (including phenoxy) is 5. The summed E-state index contributed by atoms with van der Waals surface area (Å²) in [7, 11) is -4.43.